The van der Waals surface area contributed by atoms with Crippen LogP contribution in [-0.4, -0.2) is 0 Å². The zero-order chi connectivity index (χ0) is 23.0. The maximum atomic E-state index is 15.2. The molecular weight excluding hydrogens is 427 g/mol. The number of fused-ring (bicyclic) bond motifs is 1. The van der Waals surface area contributed by atoms with Crippen LogP contribution in [-0.2, 0) is 19.3 Å². The van der Waals surface area contributed by atoms with Crippen LogP contribution < -0.4 is 0 Å². The van der Waals surface area contributed by atoms with Crippen LogP contribution >= 0.6 is 11.6 Å². The summed E-state index contributed by atoms with van der Waals surface area (Å²) in [5, 5.41) is 2.50. The molecule has 3 aromatic rings. The Bertz CT molecular complexity index is 1060. The number of hydrogen-bond acceptors (Lipinski definition) is 0. The quantitative estimate of drug-likeness (QED) is 0.277. The Morgan fingerprint density at radius 1 is 0.818 bits per heavy atom. The molecule has 0 saturated heterocycles. The minimum atomic E-state index is -0.0655. The van der Waals surface area contributed by atoms with Gasteiger partial charge in [-0.3, -0.25) is 0 Å². The lowest BCUT2D eigenvalue weighted by Crippen LogP contribution is -2.15. The van der Waals surface area contributed by atoms with E-state index in [9.17, 15) is 0 Å². The second-order valence-corrected chi connectivity index (χ2v) is 10.2. The first-order valence-corrected chi connectivity index (χ1v) is 13.1. The molecule has 0 heterocycles. The van der Waals surface area contributed by atoms with Crippen molar-refractivity contribution in [3.63, 3.8) is 0 Å². The maximum absolute atomic E-state index is 15.2. The number of hydrogen-bond donors (Lipinski definition) is 0. The highest BCUT2D eigenvalue weighted by atomic mass is 35.5. The fourth-order valence-corrected chi connectivity index (χ4v) is 5.47. The van der Waals surface area contributed by atoms with Crippen LogP contribution in [0.25, 0.3) is 10.8 Å². The van der Waals surface area contributed by atoms with E-state index in [0.717, 1.165) is 46.0 Å². The van der Waals surface area contributed by atoms with Gasteiger partial charge in [0, 0.05) is 10.4 Å². The van der Waals surface area contributed by atoms with E-state index in [1.54, 1.807) is 0 Å². The van der Waals surface area contributed by atoms with Crippen molar-refractivity contribution >= 4 is 22.4 Å². The first kappa shape index (κ1) is 24.0. The summed E-state index contributed by atoms with van der Waals surface area (Å²) in [6.45, 7) is 2.11. The molecule has 0 aliphatic heterocycles. The molecule has 0 bridgehead atoms. The standard InChI is InChI=1S/C31H36ClF/c1-2-3-4-5-23-6-8-24(9-7-23)10-11-26-15-21-30-28(22-26)18-17-27(31(30)33)16-12-25-13-19-29(32)20-14-25/h2-3,13-15,17-24H,4-12,16H2,1H3/b3-2+. The molecule has 0 spiro atoms. The van der Waals surface area contributed by atoms with Crippen molar-refractivity contribution in [3.05, 3.63) is 94.3 Å². The molecule has 0 aromatic heterocycles. The van der Waals surface area contributed by atoms with E-state index in [4.69, 9.17) is 11.6 Å². The zero-order valence-electron chi connectivity index (χ0n) is 19.8. The van der Waals surface area contributed by atoms with Crippen molar-refractivity contribution < 1.29 is 4.39 Å². The van der Waals surface area contributed by atoms with Crippen molar-refractivity contribution in [2.75, 3.05) is 0 Å². The number of rotatable bonds is 9. The highest BCUT2D eigenvalue weighted by molar-refractivity contribution is 6.30. The van der Waals surface area contributed by atoms with E-state index in [2.05, 4.69) is 37.3 Å². The van der Waals surface area contributed by atoms with Gasteiger partial charge in [0.25, 0.3) is 0 Å². The van der Waals surface area contributed by atoms with Gasteiger partial charge in [-0.05, 0) is 91.5 Å². The van der Waals surface area contributed by atoms with Gasteiger partial charge < -0.3 is 0 Å². The molecule has 0 amide bonds. The van der Waals surface area contributed by atoms with Crippen LogP contribution in [0.4, 0.5) is 4.39 Å². The van der Waals surface area contributed by atoms with Crippen molar-refractivity contribution in [2.45, 2.75) is 71.1 Å². The van der Waals surface area contributed by atoms with E-state index in [1.807, 2.05) is 36.4 Å². The fourth-order valence-electron chi connectivity index (χ4n) is 5.34. The second kappa shape index (κ2) is 11.8. The minimum absolute atomic E-state index is 0.0655. The van der Waals surface area contributed by atoms with E-state index in [-0.39, 0.29) is 5.82 Å². The molecule has 3 aromatic carbocycles. The van der Waals surface area contributed by atoms with Crippen LogP contribution in [0, 0.1) is 17.7 Å². The van der Waals surface area contributed by atoms with Crippen molar-refractivity contribution in [2.24, 2.45) is 11.8 Å². The van der Waals surface area contributed by atoms with Gasteiger partial charge in [-0.2, -0.15) is 0 Å². The van der Waals surface area contributed by atoms with Crippen LogP contribution in [0.3, 0.4) is 0 Å². The molecule has 33 heavy (non-hydrogen) atoms. The van der Waals surface area contributed by atoms with Gasteiger partial charge in [-0.25, -0.2) is 4.39 Å². The minimum Gasteiger partial charge on any atom is -0.206 e. The summed E-state index contributed by atoms with van der Waals surface area (Å²) in [5.41, 5.74) is 3.31. The Balaban J connectivity index is 1.31. The first-order chi connectivity index (χ1) is 16.1. The predicted molar refractivity (Wildman–Crippen MR) is 141 cm³/mol. The third-order valence-electron chi connectivity index (χ3n) is 7.48. The molecule has 0 N–H and O–H groups in total. The molecule has 0 radical (unpaired) electrons. The molecule has 0 unspecified atom stereocenters. The zero-order valence-corrected chi connectivity index (χ0v) is 20.6. The van der Waals surface area contributed by atoms with E-state index in [0.29, 0.717) is 6.42 Å². The first-order valence-electron chi connectivity index (χ1n) is 12.7. The maximum Gasteiger partial charge on any atom is 0.134 e. The Labute approximate surface area is 203 Å². The van der Waals surface area contributed by atoms with Crippen LogP contribution in [0.2, 0.25) is 5.02 Å². The average Bonchev–Trinajstić information content (AvgIpc) is 2.84. The van der Waals surface area contributed by atoms with Crippen LogP contribution in [0.5, 0.6) is 0 Å². The SMILES string of the molecule is C/C=C/CCC1CCC(CCc2ccc3c(F)c(CCc4ccc(Cl)cc4)ccc3c2)CC1. The fraction of sp³-hybridized carbons (Fsp3) is 0.419. The second-order valence-electron chi connectivity index (χ2n) is 9.79. The summed E-state index contributed by atoms with van der Waals surface area (Å²) >= 11 is 5.96. The van der Waals surface area contributed by atoms with E-state index >= 15 is 4.39 Å². The van der Waals surface area contributed by atoms with Crippen molar-refractivity contribution in [1.29, 1.82) is 0 Å². The number of allylic oxidation sites excluding steroid dienone is 2. The smallest absolute Gasteiger partial charge is 0.134 e. The van der Waals surface area contributed by atoms with Gasteiger partial charge >= 0.3 is 0 Å². The average molecular weight is 463 g/mol. The van der Waals surface area contributed by atoms with Crippen molar-refractivity contribution in [1.82, 2.24) is 0 Å². The molecule has 1 aliphatic carbocycles. The van der Waals surface area contributed by atoms with Crippen molar-refractivity contribution in [3.8, 4) is 0 Å². The topological polar surface area (TPSA) is 0 Å². The molecule has 2 heteroatoms. The highest BCUT2D eigenvalue weighted by Crippen LogP contribution is 2.34. The van der Waals surface area contributed by atoms with E-state index in [1.165, 1.54) is 56.1 Å². The molecular formula is C31H36ClF. The lowest BCUT2D eigenvalue weighted by molar-refractivity contribution is 0.254. The summed E-state index contributed by atoms with van der Waals surface area (Å²) in [6.07, 6.45) is 16.5. The molecule has 0 nitrogen and oxygen atoms in total. The van der Waals surface area contributed by atoms with Gasteiger partial charge in [0.1, 0.15) is 5.82 Å². The molecule has 1 saturated carbocycles. The summed E-state index contributed by atoms with van der Waals surface area (Å²) in [4.78, 5) is 0. The van der Waals surface area contributed by atoms with Gasteiger partial charge in [-0.15, -0.1) is 0 Å². The lowest BCUT2D eigenvalue weighted by Gasteiger charge is -2.28. The Morgan fingerprint density at radius 2 is 1.52 bits per heavy atom. The number of benzene rings is 3. The highest BCUT2D eigenvalue weighted by Gasteiger charge is 2.20. The number of aryl methyl sites for hydroxylation is 3. The largest absolute Gasteiger partial charge is 0.206 e. The van der Waals surface area contributed by atoms with Gasteiger partial charge in [-0.1, -0.05) is 91.9 Å². The summed E-state index contributed by atoms with van der Waals surface area (Å²) in [5.74, 6) is 1.71. The molecule has 1 fully saturated rings. The summed E-state index contributed by atoms with van der Waals surface area (Å²) in [7, 11) is 0. The predicted octanol–water partition coefficient (Wildman–Crippen LogP) is 9.51. The van der Waals surface area contributed by atoms with Gasteiger partial charge in [0.05, 0.1) is 0 Å². The molecule has 4 rings (SSSR count). The Morgan fingerprint density at radius 3 is 2.24 bits per heavy atom. The van der Waals surface area contributed by atoms with Crippen LogP contribution in [0.15, 0.2) is 66.7 Å². The molecule has 0 atom stereocenters. The molecule has 1 aliphatic rings. The normalized spacial score (nSPS) is 18.9. The monoisotopic (exact) mass is 462 g/mol. The summed E-state index contributed by atoms with van der Waals surface area (Å²) in [6, 6.07) is 18.2. The van der Waals surface area contributed by atoms with Crippen LogP contribution in [0.1, 0.15) is 68.6 Å². The Hall–Kier alpha value is -2.12. The van der Waals surface area contributed by atoms with Gasteiger partial charge in [0.2, 0.25) is 0 Å². The summed E-state index contributed by atoms with van der Waals surface area (Å²) < 4.78 is 15.2. The third kappa shape index (κ3) is 6.70. The number of halogens is 2. The van der Waals surface area contributed by atoms with Gasteiger partial charge in [0.15, 0.2) is 0 Å². The molecule has 174 valence electrons. The third-order valence-corrected chi connectivity index (χ3v) is 7.73. The lowest BCUT2D eigenvalue weighted by atomic mass is 9.78. The Kier molecular flexibility index (Phi) is 8.62. The van der Waals surface area contributed by atoms with E-state index < -0.39 is 0 Å².